The number of anilines is 1. The SMILES string of the molecule is O=C(COC(=O)CN1C(=O)[C@H]2CCCC[C@H]2C1=O)Nc1ccc(F)cc1F. The molecule has 0 spiro atoms. The molecule has 27 heavy (non-hydrogen) atoms. The van der Waals surface area contributed by atoms with E-state index in [0.29, 0.717) is 18.9 Å². The van der Waals surface area contributed by atoms with Crippen molar-refractivity contribution < 1.29 is 32.7 Å². The highest BCUT2D eigenvalue weighted by Crippen LogP contribution is 2.37. The summed E-state index contributed by atoms with van der Waals surface area (Å²) in [5.41, 5.74) is -0.258. The highest BCUT2D eigenvalue weighted by atomic mass is 19.1. The van der Waals surface area contributed by atoms with Gasteiger partial charge in [-0.1, -0.05) is 12.8 Å². The fourth-order valence-electron chi connectivity index (χ4n) is 3.48. The number of nitrogens with zero attached hydrogens (tertiary/aromatic N) is 1. The number of rotatable bonds is 5. The summed E-state index contributed by atoms with van der Waals surface area (Å²) in [7, 11) is 0. The fraction of sp³-hybridized carbons (Fsp3) is 0.444. The number of fused-ring (bicyclic) bond motifs is 1. The van der Waals surface area contributed by atoms with Gasteiger partial charge in [-0.3, -0.25) is 24.1 Å². The summed E-state index contributed by atoms with van der Waals surface area (Å²) < 4.78 is 31.1. The van der Waals surface area contributed by atoms with E-state index in [-0.39, 0.29) is 29.3 Å². The van der Waals surface area contributed by atoms with Gasteiger partial charge in [0.15, 0.2) is 6.61 Å². The van der Waals surface area contributed by atoms with Gasteiger partial charge < -0.3 is 10.1 Å². The van der Waals surface area contributed by atoms with Crippen molar-refractivity contribution in [2.45, 2.75) is 25.7 Å². The molecule has 1 aromatic rings. The molecule has 7 nitrogen and oxygen atoms in total. The predicted molar refractivity (Wildman–Crippen MR) is 88.1 cm³/mol. The largest absolute Gasteiger partial charge is 0.454 e. The number of likely N-dealkylation sites (tertiary alicyclic amines) is 1. The second-order valence-electron chi connectivity index (χ2n) is 6.59. The maximum Gasteiger partial charge on any atom is 0.326 e. The van der Waals surface area contributed by atoms with Gasteiger partial charge in [-0.15, -0.1) is 0 Å². The molecule has 0 bridgehead atoms. The first kappa shape index (κ1) is 18.9. The zero-order chi connectivity index (χ0) is 19.6. The molecular formula is C18H18F2N2O5. The Labute approximate surface area is 153 Å². The molecule has 0 radical (unpaired) electrons. The van der Waals surface area contributed by atoms with Crippen LogP contribution in [0.2, 0.25) is 0 Å². The van der Waals surface area contributed by atoms with Crippen molar-refractivity contribution in [2.75, 3.05) is 18.5 Å². The van der Waals surface area contributed by atoms with E-state index in [1.54, 1.807) is 0 Å². The van der Waals surface area contributed by atoms with Gasteiger partial charge in [0, 0.05) is 6.07 Å². The van der Waals surface area contributed by atoms with Crippen LogP contribution < -0.4 is 5.32 Å². The zero-order valence-electron chi connectivity index (χ0n) is 14.4. The van der Waals surface area contributed by atoms with E-state index in [2.05, 4.69) is 5.32 Å². The Bertz CT molecular complexity index is 774. The Balaban J connectivity index is 1.50. The topological polar surface area (TPSA) is 92.8 Å². The molecule has 2 fully saturated rings. The van der Waals surface area contributed by atoms with Crippen molar-refractivity contribution >= 4 is 29.4 Å². The summed E-state index contributed by atoms with van der Waals surface area (Å²) in [6.07, 6.45) is 3.01. The smallest absolute Gasteiger partial charge is 0.326 e. The van der Waals surface area contributed by atoms with Crippen molar-refractivity contribution in [2.24, 2.45) is 11.8 Å². The molecule has 0 unspecified atom stereocenters. The first-order chi connectivity index (χ1) is 12.9. The minimum absolute atomic E-state index is 0.258. The molecule has 9 heteroatoms. The van der Waals surface area contributed by atoms with Crippen LogP contribution in [0.25, 0.3) is 0 Å². The maximum absolute atomic E-state index is 13.5. The molecule has 1 aliphatic heterocycles. The van der Waals surface area contributed by atoms with Crippen LogP contribution in [0.1, 0.15) is 25.7 Å². The standard InChI is InChI=1S/C18H18F2N2O5/c19-10-5-6-14(13(20)7-10)21-15(23)9-27-16(24)8-22-17(25)11-3-1-2-4-12(11)18(22)26/h5-7,11-12H,1-4,8-9H2,(H,21,23)/t11-,12+. The Kier molecular flexibility index (Phi) is 5.48. The van der Waals surface area contributed by atoms with E-state index in [9.17, 15) is 28.0 Å². The highest BCUT2D eigenvalue weighted by Gasteiger charge is 2.48. The summed E-state index contributed by atoms with van der Waals surface area (Å²) in [6, 6.07) is 2.61. The number of esters is 1. The molecule has 1 aromatic carbocycles. The summed E-state index contributed by atoms with van der Waals surface area (Å²) >= 11 is 0. The Morgan fingerprint density at radius 2 is 1.74 bits per heavy atom. The van der Waals surface area contributed by atoms with Gasteiger partial charge in [-0.25, -0.2) is 8.78 Å². The van der Waals surface area contributed by atoms with Crippen molar-refractivity contribution in [1.29, 1.82) is 0 Å². The molecule has 1 aliphatic carbocycles. The van der Waals surface area contributed by atoms with Gasteiger partial charge in [0.2, 0.25) is 11.8 Å². The molecule has 144 valence electrons. The number of amides is 3. The maximum atomic E-state index is 13.5. The van der Waals surface area contributed by atoms with Crippen LogP contribution >= 0.6 is 0 Å². The van der Waals surface area contributed by atoms with Gasteiger partial charge in [-0.05, 0) is 25.0 Å². The van der Waals surface area contributed by atoms with E-state index >= 15 is 0 Å². The molecule has 1 N–H and O–H groups in total. The third-order valence-electron chi connectivity index (χ3n) is 4.79. The molecule has 2 aliphatic rings. The number of carbonyl (C=O) groups excluding carboxylic acids is 4. The average Bonchev–Trinajstić information content (AvgIpc) is 2.88. The molecule has 1 saturated heterocycles. The van der Waals surface area contributed by atoms with E-state index in [1.807, 2.05) is 0 Å². The normalized spacial score (nSPS) is 21.8. The predicted octanol–water partition coefficient (Wildman–Crippen LogP) is 1.62. The summed E-state index contributed by atoms with van der Waals surface area (Å²) in [4.78, 5) is 49.1. The number of hydrogen-bond donors (Lipinski definition) is 1. The lowest BCUT2D eigenvalue weighted by Gasteiger charge is -2.19. The van der Waals surface area contributed by atoms with Gasteiger partial charge in [0.25, 0.3) is 5.91 Å². The van der Waals surface area contributed by atoms with Gasteiger partial charge in [-0.2, -0.15) is 0 Å². The number of benzene rings is 1. The van der Waals surface area contributed by atoms with Crippen LogP contribution in [0.4, 0.5) is 14.5 Å². The highest BCUT2D eigenvalue weighted by molar-refractivity contribution is 6.07. The van der Waals surface area contributed by atoms with Crippen LogP contribution in [0.15, 0.2) is 18.2 Å². The van der Waals surface area contributed by atoms with E-state index in [0.717, 1.165) is 29.9 Å². The number of carbonyl (C=O) groups is 4. The van der Waals surface area contributed by atoms with Crippen LogP contribution in [0.5, 0.6) is 0 Å². The van der Waals surface area contributed by atoms with Crippen LogP contribution in [-0.2, 0) is 23.9 Å². The lowest BCUT2D eigenvalue weighted by Crippen LogP contribution is -2.37. The van der Waals surface area contributed by atoms with E-state index < -0.39 is 36.7 Å². The number of nitrogens with one attached hydrogen (secondary N) is 1. The lowest BCUT2D eigenvalue weighted by molar-refractivity contribution is -0.154. The Hall–Kier alpha value is -2.84. The molecule has 1 saturated carbocycles. The summed E-state index contributed by atoms with van der Waals surface area (Å²) in [5.74, 6) is -5.00. The minimum Gasteiger partial charge on any atom is -0.454 e. The molecule has 3 amide bonds. The molecule has 0 aromatic heterocycles. The number of ether oxygens (including phenoxy) is 1. The number of halogens is 2. The second kappa shape index (κ2) is 7.81. The average molecular weight is 380 g/mol. The van der Waals surface area contributed by atoms with Gasteiger partial charge >= 0.3 is 5.97 Å². The molecule has 3 rings (SSSR count). The van der Waals surface area contributed by atoms with Crippen LogP contribution in [-0.4, -0.2) is 41.7 Å². The zero-order valence-corrected chi connectivity index (χ0v) is 14.4. The second-order valence-corrected chi connectivity index (χ2v) is 6.59. The molecular weight excluding hydrogens is 362 g/mol. The molecule has 1 heterocycles. The summed E-state index contributed by atoms with van der Waals surface area (Å²) in [6.45, 7) is -1.28. The summed E-state index contributed by atoms with van der Waals surface area (Å²) in [5, 5.41) is 2.14. The Morgan fingerprint density at radius 3 is 2.33 bits per heavy atom. The monoisotopic (exact) mass is 380 g/mol. The molecule has 2 atom stereocenters. The van der Waals surface area contributed by atoms with E-state index in [1.165, 1.54) is 0 Å². The Morgan fingerprint density at radius 1 is 1.11 bits per heavy atom. The quantitative estimate of drug-likeness (QED) is 0.619. The lowest BCUT2D eigenvalue weighted by atomic mass is 9.81. The van der Waals surface area contributed by atoms with Crippen LogP contribution in [0, 0.1) is 23.5 Å². The van der Waals surface area contributed by atoms with Gasteiger partial charge in [0.1, 0.15) is 18.2 Å². The first-order valence-corrected chi connectivity index (χ1v) is 8.62. The first-order valence-electron chi connectivity index (χ1n) is 8.62. The van der Waals surface area contributed by atoms with Gasteiger partial charge in [0.05, 0.1) is 17.5 Å². The van der Waals surface area contributed by atoms with Crippen molar-refractivity contribution in [3.63, 3.8) is 0 Å². The number of hydrogen-bond acceptors (Lipinski definition) is 5. The third kappa shape index (κ3) is 4.12. The third-order valence-corrected chi connectivity index (χ3v) is 4.79. The van der Waals surface area contributed by atoms with Crippen molar-refractivity contribution in [3.05, 3.63) is 29.8 Å². The van der Waals surface area contributed by atoms with E-state index in [4.69, 9.17) is 4.74 Å². The van der Waals surface area contributed by atoms with Crippen LogP contribution in [0.3, 0.4) is 0 Å². The van der Waals surface area contributed by atoms with Crippen molar-refractivity contribution in [3.8, 4) is 0 Å². The minimum atomic E-state index is -0.967. The fourth-order valence-corrected chi connectivity index (χ4v) is 3.48. The van der Waals surface area contributed by atoms with Crippen molar-refractivity contribution in [1.82, 2.24) is 4.90 Å². The number of imide groups is 1.